The molecule has 3 amide bonds. The van der Waals surface area contributed by atoms with Crippen LogP contribution in [0.15, 0.2) is 29.2 Å². The fraction of sp³-hybridized carbons (Fsp3) is 0.273. The van der Waals surface area contributed by atoms with Crippen LogP contribution < -0.4 is 10.2 Å². The number of urea groups is 1. The number of benzene rings is 1. The van der Waals surface area contributed by atoms with Crippen molar-refractivity contribution in [3.8, 4) is 0 Å². The standard InChI is InChI=1S/C11H12N2O2S/c1-16-9-5-3-2-4-8(9)13-7-6-10(14)12-11(13)15/h2-5H,6-7H2,1H3,(H,12,14,15). The van der Waals surface area contributed by atoms with Gasteiger partial charge in [0, 0.05) is 17.9 Å². The zero-order valence-corrected chi connectivity index (χ0v) is 9.71. The normalized spacial score (nSPS) is 16.2. The molecular formula is C11H12N2O2S. The van der Waals surface area contributed by atoms with Crippen molar-refractivity contribution >= 4 is 29.4 Å². The number of nitrogens with zero attached hydrogens (tertiary/aromatic N) is 1. The van der Waals surface area contributed by atoms with Gasteiger partial charge in [-0.3, -0.25) is 15.0 Å². The van der Waals surface area contributed by atoms with Crippen LogP contribution in [0.25, 0.3) is 0 Å². The fourth-order valence-electron chi connectivity index (χ4n) is 1.65. The quantitative estimate of drug-likeness (QED) is 0.797. The molecule has 0 aliphatic carbocycles. The molecule has 0 spiro atoms. The van der Waals surface area contributed by atoms with Gasteiger partial charge in [-0.2, -0.15) is 0 Å². The molecular weight excluding hydrogens is 224 g/mol. The molecule has 84 valence electrons. The molecule has 16 heavy (non-hydrogen) atoms. The zero-order valence-electron chi connectivity index (χ0n) is 8.90. The van der Waals surface area contributed by atoms with Crippen molar-refractivity contribution in [3.05, 3.63) is 24.3 Å². The summed E-state index contributed by atoms with van der Waals surface area (Å²) in [5.74, 6) is -0.206. The van der Waals surface area contributed by atoms with Crippen molar-refractivity contribution in [3.63, 3.8) is 0 Å². The Hall–Kier alpha value is -1.49. The van der Waals surface area contributed by atoms with Crippen LogP contribution in [0.5, 0.6) is 0 Å². The molecule has 0 saturated carbocycles. The third kappa shape index (κ3) is 2.04. The summed E-state index contributed by atoms with van der Waals surface area (Å²) in [5, 5.41) is 2.32. The monoisotopic (exact) mass is 236 g/mol. The first kappa shape index (κ1) is 11.0. The van der Waals surface area contributed by atoms with Gasteiger partial charge in [-0.05, 0) is 18.4 Å². The van der Waals surface area contributed by atoms with E-state index in [1.54, 1.807) is 16.7 Å². The average molecular weight is 236 g/mol. The molecule has 1 fully saturated rings. The van der Waals surface area contributed by atoms with Gasteiger partial charge >= 0.3 is 6.03 Å². The average Bonchev–Trinajstić information content (AvgIpc) is 2.29. The second-order valence-corrected chi connectivity index (χ2v) is 4.27. The number of rotatable bonds is 2. The van der Waals surface area contributed by atoms with Crippen LogP contribution in [0, 0.1) is 0 Å². The minimum Gasteiger partial charge on any atom is -0.293 e. The molecule has 1 aromatic rings. The molecule has 1 aliphatic rings. The summed E-state index contributed by atoms with van der Waals surface area (Å²) in [4.78, 5) is 25.3. The van der Waals surface area contributed by atoms with Crippen LogP contribution in [-0.4, -0.2) is 24.7 Å². The highest BCUT2D eigenvalue weighted by atomic mass is 32.2. The first-order valence-corrected chi connectivity index (χ1v) is 6.19. The van der Waals surface area contributed by atoms with Gasteiger partial charge in [0.15, 0.2) is 0 Å². The van der Waals surface area contributed by atoms with E-state index in [9.17, 15) is 9.59 Å². The van der Waals surface area contributed by atoms with E-state index in [0.717, 1.165) is 10.6 Å². The van der Waals surface area contributed by atoms with Gasteiger partial charge in [-0.15, -0.1) is 11.8 Å². The van der Waals surface area contributed by atoms with Gasteiger partial charge in [0.05, 0.1) is 5.69 Å². The number of hydrogen-bond donors (Lipinski definition) is 1. The summed E-state index contributed by atoms with van der Waals surface area (Å²) in [6.45, 7) is 0.447. The molecule has 1 aromatic carbocycles. The van der Waals surface area contributed by atoms with Crippen molar-refractivity contribution in [2.75, 3.05) is 17.7 Å². The summed E-state index contributed by atoms with van der Waals surface area (Å²) < 4.78 is 0. The number of carbonyl (C=O) groups is 2. The van der Waals surface area contributed by atoms with Gasteiger partial charge < -0.3 is 0 Å². The highest BCUT2D eigenvalue weighted by molar-refractivity contribution is 7.98. The van der Waals surface area contributed by atoms with Crippen LogP contribution >= 0.6 is 11.8 Å². The van der Waals surface area contributed by atoms with Crippen molar-refractivity contribution in [1.29, 1.82) is 0 Å². The smallest absolute Gasteiger partial charge is 0.293 e. The highest BCUT2D eigenvalue weighted by Gasteiger charge is 2.25. The topological polar surface area (TPSA) is 49.4 Å². The van der Waals surface area contributed by atoms with E-state index in [1.807, 2.05) is 30.5 Å². The number of thioether (sulfide) groups is 1. The van der Waals surface area contributed by atoms with E-state index in [-0.39, 0.29) is 11.9 Å². The maximum Gasteiger partial charge on any atom is 0.328 e. The van der Waals surface area contributed by atoms with Gasteiger partial charge in [-0.1, -0.05) is 12.1 Å². The minimum atomic E-state index is -0.335. The number of carbonyl (C=O) groups excluding carboxylic acids is 2. The molecule has 0 aromatic heterocycles. The molecule has 0 radical (unpaired) electrons. The van der Waals surface area contributed by atoms with Crippen molar-refractivity contribution < 1.29 is 9.59 Å². The first-order valence-electron chi connectivity index (χ1n) is 4.96. The predicted molar refractivity (Wildman–Crippen MR) is 63.7 cm³/mol. The van der Waals surface area contributed by atoms with Crippen LogP contribution in [-0.2, 0) is 4.79 Å². The Morgan fingerprint density at radius 1 is 1.31 bits per heavy atom. The van der Waals surface area contributed by atoms with E-state index in [2.05, 4.69) is 5.32 Å². The molecule has 0 unspecified atom stereocenters. The summed E-state index contributed by atoms with van der Waals surface area (Å²) >= 11 is 1.59. The van der Waals surface area contributed by atoms with E-state index in [0.29, 0.717) is 13.0 Å². The molecule has 2 rings (SSSR count). The Morgan fingerprint density at radius 3 is 2.75 bits per heavy atom. The largest absolute Gasteiger partial charge is 0.328 e. The number of anilines is 1. The third-order valence-electron chi connectivity index (χ3n) is 2.43. The highest BCUT2D eigenvalue weighted by Crippen LogP contribution is 2.29. The minimum absolute atomic E-state index is 0.206. The lowest BCUT2D eigenvalue weighted by Crippen LogP contribution is -2.49. The number of hydrogen-bond acceptors (Lipinski definition) is 3. The van der Waals surface area contributed by atoms with Crippen LogP contribution in [0.4, 0.5) is 10.5 Å². The van der Waals surface area contributed by atoms with Crippen molar-refractivity contribution in [1.82, 2.24) is 5.32 Å². The van der Waals surface area contributed by atoms with Crippen LogP contribution in [0.2, 0.25) is 0 Å². The SMILES string of the molecule is CSc1ccccc1N1CCC(=O)NC1=O. The Labute approximate surface area is 98.0 Å². The molecule has 0 atom stereocenters. The zero-order chi connectivity index (χ0) is 11.5. The predicted octanol–water partition coefficient (Wildman–Crippen LogP) is 1.85. The van der Waals surface area contributed by atoms with E-state index < -0.39 is 0 Å². The Balaban J connectivity index is 2.30. The van der Waals surface area contributed by atoms with Gasteiger partial charge in [0.1, 0.15) is 0 Å². The maximum atomic E-state index is 11.7. The molecule has 5 heteroatoms. The maximum absolute atomic E-state index is 11.7. The molecule has 1 N–H and O–H groups in total. The summed E-state index contributed by atoms with van der Waals surface area (Å²) in [7, 11) is 0. The Bertz CT molecular complexity index is 434. The summed E-state index contributed by atoms with van der Waals surface area (Å²) in [5.41, 5.74) is 0.861. The van der Waals surface area contributed by atoms with E-state index in [1.165, 1.54) is 0 Å². The van der Waals surface area contributed by atoms with Crippen molar-refractivity contribution in [2.24, 2.45) is 0 Å². The Kier molecular flexibility index (Phi) is 3.14. The van der Waals surface area contributed by atoms with Crippen molar-refractivity contribution in [2.45, 2.75) is 11.3 Å². The van der Waals surface area contributed by atoms with Gasteiger partial charge in [0.2, 0.25) is 5.91 Å². The molecule has 1 saturated heterocycles. The number of para-hydroxylation sites is 1. The number of nitrogens with one attached hydrogen (secondary N) is 1. The number of amides is 3. The Morgan fingerprint density at radius 2 is 2.06 bits per heavy atom. The summed E-state index contributed by atoms with van der Waals surface area (Å²) in [6, 6.07) is 7.34. The van der Waals surface area contributed by atoms with Gasteiger partial charge in [0.25, 0.3) is 0 Å². The second-order valence-electron chi connectivity index (χ2n) is 3.43. The van der Waals surface area contributed by atoms with E-state index >= 15 is 0 Å². The second kappa shape index (κ2) is 4.57. The van der Waals surface area contributed by atoms with Gasteiger partial charge in [-0.25, -0.2) is 4.79 Å². The third-order valence-corrected chi connectivity index (χ3v) is 3.21. The number of imide groups is 1. The van der Waals surface area contributed by atoms with Crippen LogP contribution in [0.1, 0.15) is 6.42 Å². The van der Waals surface area contributed by atoms with E-state index in [4.69, 9.17) is 0 Å². The molecule has 1 aliphatic heterocycles. The summed E-state index contributed by atoms with van der Waals surface area (Å²) in [6.07, 6.45) is 2.32. The molecule has 4 nitrogen and oxygen atoms in total. The molecule has 1 heterocycles. The lowest BCUT2D eigenvalue weighted by Gasteiger charge is -2.27. The first-order chi connectivity index (χ1) is 7.72. The van der Waals surface area contributed by atoms with Crippen LogP contribution in [0.3, 0.4) is 0 Å². The lowest BCUT2D eigenvalue weighted by atomic mass is 10.2. The fourth-order valence-corrected chi connectivity index (χ4v) is 2.25. The molecule has 0 bridgehead atoms. The lowest BCUT2D eigenvalue weighted by molar-refractivity contribution is -0.120.